The van der Waals surface area contributed by atoms with E-state index in [1.807, 2.05) is 0 Å². The van der Waals surface area contributed by atoms with E-state index in [9.17, 15) is 13.6 Å². The van der Waals surface area contributed by atoms with Crippen molar-refractivity contribution < 1.29 is 13.6 Å². The zero-order valence-electron chi connectivity index (χ0n) is 9.96. The van der Waals surface area contributed by atoms with Crippen molar-refractivity contribution in [3.63, 3.8) is 0 Å². The highest BCUT2D eigenvalue weighted by Crippen LogP contribution is 2.37. The van der Waals surface area contributed by atoms with E-state index in [4.69, 9.17) is 5.73 Å². The van der Waals surface area contributed by atoms with Crippen molar-refractivity contribution in [3.8, 4) is 0 Å². The Morgan fingerprint density at radius 3 is 2.78 bits per heavy atom. The van der Waals surface area contributed by atoms with Gasteiger partial charge in [0.05, 0.1) is 11.4 Å². The number of hydrogen-bond donors (Lipinski definition) is 2. The summed E-state index contributed by atoms with van der Waals surface area (Å²) in [5.74, 6) is -3.72. The number of nitrogens with two attached hydrogens (primary N) is 1. The van der Waals surface area contributed by atoms with Gasteiger partial charge < -0.3 is 11.1 Å². The molecule has 1 aliphatic rings. The van der Waals surface area contributed by atoms with E-state index in [1.54, 1.807) is 24.3 Å². The number of carbonyl (C=O) groups is 1. The lowest BCUT2D eigenvalue weighted by molar-refractivity contribution is -0.127. The van der Waals surface area contributed by atoms with E-state index < -0.39 is 11.8 Å². The highest BCUT2D eigenvalue weighted by Gasteiger charge is 2.39. The average Bonchev–Trinajstić information content (AvgIpc) is 2.31. The van der Waals surface area contributed by atoms with Crippen LogP contribution < -0.4 is 11.1 Å². The molecule has 1 aromatic carbocycles. The van der Waals surface area contributed by atoms with Crippen LogP contribution in [0.25, 0.3) is 0 Å². The molecule has 18 heavy (non-hydrogen) atoms. The number of rotatable bonds is 2. The number of para-hydroxylation sites is 2. The SMILES string of the molecule is Nc1ccccc1NC(=O)C1CCCC(F)(F)C1. The van der Waals surface area contributed by atoms with Crippen LogP contribution in [0.5, 0.6) is 0 Å². The lowest BCUT2D eigenvalue weighted by atomic mass is 9.86. The largest absolute Gasteiger partial charge is 0.397 e. The first kappa shape index (κ1) is 12.8. The lowest BCUT2D eigenvalue weighted by Crippen LogP contribution is -2.33. The molecule has 1 aliphatic carbocycles. The van der Waals surface area contributed by atoms with Crippen LogP contribution in [-0.4, -0.2) is 11.8 Å². The van der Waals surface area contributed by atoms with Gasteiger partial charge in [0.2, 0.25) is 11.8 Å². The molecule has 1 saturated carbocycles. The fourth-order valence-electron chi connectivity index (χ4n) is 2.24. The molecule has 0 spiro atoms. The van der Waals surface area contributed by atoms with E-state index in [0.29, 0.717) is 24.2 Å². The molecule has 98 valence electrons. The summed E-state index contributed by atoms with van der Waals surface area (Å²) in [7, 11) is 0. The molecule has 2 rings (SSSR count). The van der Waals surface area contributed by atoms with E-state index in [0.717, 1.165) is 0 Å². The van der Waals surface area contributed by atoms with Gasteiger partial charge >= 0.3 is 0 Å². The molecule has 0 radical (unpaired) electrons. The van der Waals surface area contributed by atoms with Crippen LogP contribution in [0.3, 0.4) is 0 Å². The second-order valence-electron chi connectivity index (χ2n) is 4.73. The van der Waals surface area contributed by atoms with Gasteiger partial charge in [-0.1, -0.05) is 12.1 Å². The van der Waals surface area contributed by atoms with Crippen molar-refractivity contribution in [3.05, 3.63) is 24.3 Å². The molecule has 1 amide bonds. The summed E-state index contributed by atoms with van der Waals surface area (Å²) in [6.45, 7) is 0. The molecule has 3 nitrogen and oxygen atoms in total. The van der Waals surface area contributed by atoms with Crippen LogP contribution >= 0.6 is 0 Å². The fraction of sp³-hybridized carbons (Fsp3) is 0.462. The Labute approximate surface area is 104 Å². The zero-order valence-corrected chi connectivity index (χ0v) is 9.96. The maximum Gasteiger partial charge on any atom is 0.248 e. The third kappa shape index (κ3) is 2.97. The molecule has 1 atom stereocenters. The van der Waals surface area contributed by atoms with Crippen molar-refractivity contribution >= 4 is 17.3 Å². The summed E-state index contributed by atoms with van der Waals surface area (Å²) < 4.78 is 26.5. The van der Waals surface area contributed by atoms with Gasteiger partial charge in [0.15, 0.2) is 0 Å². The molecule has 3 N–H and O–H groups in total. The summed E-state index contributed by atoms with van der Waals surface area (Å²) in [5.41, 5.74) is 6.61. The van der Waals surface area contributed by atoms with E-state index >= 15 is 0 Å². The molecule has 0 heterocycles. The quantitative estimate of drug-likeness (QED) is 0.797. The summed E-state index contributed by atoms with van der Waals surface area (Å²) >= 11 is 0. The molecule has 0 aromatic heterocycles. The van der Waals surface area contributed by atoms with Crippen LogP contribution in [0.1, 0.15) is 25.7 Å². The van der Waals surface area contributed by atoms with Crippen LogP contribution in [0.2, 0.25) is 0 Å². The minimum Gasteiger partial charge on any atom is -0.397 e. The van der Waals surface area contributed by atoms with E-state index in [1.165, 1.54) is 0 Å². The smallest absolute Gasteiger partial charge is 0.248 e. The summed E-state index contributed by atoms with van der Waals surface area (Å²) in [6.07, 6.45) is 0.402. The topological polar surface area (TPSA) is 55.1 Å². The minimum atomic E-state index is -2.72. The first-order valence-electron chi connectivity index (χ1n) is 6.01. The van der Waals surface area contributed by atoms with Crippen molar-refractivity contribution in [1.82, 2.24) is 0 Å². The number of alkyl halides is 2. The normalized spacial score (nSPS) is 22.4. The Morgan fingerprint density at radius 2 is 2.11 bits per heavy atom. The third-order valence-corrected chi connectivity index (χ3v) is 3.23. The molecule has 1 fully saturated rings. The molecule has 1 unspecified atom stereocenters. The van der Waals surface area contributed by atoms with Crippen LogP contribution in [0.4, 0.5) is 20.2 Å². The molecule has 5 heteroatoms. The standard InChI is InChI=1S/C13H16F2N2O/c14-13(15)7-3-4-9(8-13)12(18)17-11-6-2-1-5-10(11)16/h1-2,5-6,9H,3-4,7-8,16H2,(H,17,18). The minimum absolute atomic E-state index is 0.121. The zero-order chi connectivity index (χ0) is 13.2. The fourth-order valence-corrected chi connectivity index (χ4v) is 2.24. The number of nitrogen functional groups attached to an aromatic ring is 1. The number of nitrogens with one attached hydrogen (secondary N) is 1. The summed E-state index contributed by atoms with van der Waals surface area (Å²) in [4.78, 5) is 11.9. The molecular formula is C13H16F2N2O. The van der Waals surface area contributed by atoms with Gasteiger partial charge in [0, 0.05) is 18.8 Å². The Bertz CT molecular complexity index is 448. The van der Waals surface area contributed by atoms with Gasteiger partial charge in [-0.2, -0.15) is 0 Å². The van der Waals surface area contributed by atoms with Crippen LogP contribution in [0.15, 0.2) is 24.3 Å². The predicted molar refractivity (Wildman–Crippen MR) is 66.4 cm³/mol. The average molecular weight is 254 g/mol. The van der Waals surface area contributed by atoms with E-state index in [-0.39, 0.29) is 18.7 Å². The number of benzene rings is 1. The second-order valence-corrected chi connectivity index (χ2v) is 4.73. The van der Waals surface area contributed by atoms with Gasteiger partial charge in [-0.15, -0.1) is 0 Å². The van der Waals surface area contributed by atoms with Gasteiger partial charge in [-0.05, 0) is 25.0 Å². The van der Waals surface area contributed by atoms with Crippen molar-refractivity contribution in [2.24, 2.45) is 5.92 Å². The van der Waals surface area contributed by atoms with Crippen molar-refractivity contribution in [2.45, 2.75) is 31.6 Å². The number of anilines is 2. The Morgan fingerprint density at radius 1 is 1.39 bits per heavy atom. The maximum atomic E-state index is 13.2. The van der Waals surface area contributed by atoms with Gasteiger partial charge in [-0.25, -0.2) is 8.78 Å². The number of amides is 1. The Kier molecular flexibility index (Phi) is 3.50. The highest BCUT2D eigenvalue weighted by molar-refractivity contribution is 5.95. The third-order valence-electron chi connectivity index (χ3n) is 3.23. The number of hydrogen-bond acceptors (Lipinski definition) is 2. The predicted octanol–water partition coefficient (Wildman–Crippen LogP) is 3.03. The monoisotopic (exact) mass is 254 g/mol. The molecule has 0 saturated heterocycles. The number of carbonyl (C=O) groups excluding carboxylic acids is 1. The van der Waals surface area contributed by atoms with E-state index in [2.05, 4.69) is 5.32 Å². The lowest BCUT2D eigenvalue weighted by Gasteiger charge is -2.28. The highest BCUT2D eigenvalue weighted by atomic mass is 19.3. The molecule has 0 aliphatic heterocycles. The maximum absolute atomic E-state index is 13.2. The first-order valence-corrected chi connectivity index (χ1v) is 6.01. The molecule has 0 bridgehead atoms. The van der Waals surface area contributed by atoms with Crippen molar-refractivity contribution in [2.75, 3.05) is 11.1 Å². The van der Waals surface area contributed by atoms with Crippen LogP contribution in [-0.2, 0) is 4.79 Å². The number of halogens is 2. The molecular weight excluding hydrogens is 238 g/mol. The van der Waals surface area contributed by atoms with Crippen molar-refractivity contribution in [1.29, 1.82) is 0 Å². The Balaban J connectivity index is 2.02. The molecule has 1 aromatic rings. The first-order chi connectivity index (χ1) is 8.48. The Hall–Kier alpha value is -1.65. The summed E-state index contributed by atoms with van der Waals surface area (Å²) in [5, 5.41) is 2.62. The van der Waals surface area contributed by atoms with Gasteiger partial charge in [0.25, 0.3) is 0 Å². The van der Waals surface area contributed by atoms with Crippen LogP contribution in [0, 0.1) is 5.92 Å². The van der Waals surface area contributed by atoms with Gasteiger partial charge in [0.1, 0.15) is 0 Å². The van der Waals surface area contributed by atoms with Gasteiger partial charge in [-0.3, -0.25) is 4.79 Å². The second kappa shape index (κ2) is 4.92. The summed E-state index contributed by atoms with van der Waals surface area (Å²) in [6, 6.07) is 6.81.